The van der Waals surface area contributed by atoms with Gasteiger partial charge in [-0.15, -0.1) is 0 Å². The molecule has 1 rings (SSSR count). The van der Waals surface area contributed by atoms with Crippen LogP contribution in [0.5, 0.6) is 0 Å². The minimum atomic E-state index is -0.984. The molecule has 0 aliphatic carbocycles. The lowest BCUT2D eigenvalue weighted by Gasteiger charge is -2.21. The van der Waals surface area contributed by atoms with E-state index in [1.165, 1.54) is 0 Å². The van der Waals surface area contributed by atoms with Crippen molar-refractivity contribution in [3.8, 4) is 0 Å². The zero-order valence-corrected chi connectivity index (χ0v) is 8.91. The molecule has 1 aromatic carbocycles. The molecular formula is C12H16O4. The maximum Gasteiger partial charge on any atom is 0.144 e. The molecular weight excluding hydrogens is 208 g/mol. The average Bonchev–Trinajstić information content (AvgIpc) is 2.31. The van der Waals surface area contributed by atoms with Gasteiger partial charge in [-0.1, -0.05) is 36.9 Å². The van der Waals surface area contributed by atoms with Crippen LogP contribution < -0.4 is 0 Å². The summed E-state index contributed by atoms with van der Waals surface area (Å²) in [7, 11) is 0. The van der Waals surface area contributed by atoms with Crippen molar-refractivity contribution < 1.29 is 20.4 Å². The van der Waals surface area contributed by atoms with E-state index in [1.807, 2.05) is 18.2 Å². The van der Waals surface area contributed by atoms with E-state index in [9.17, 15) is 5.11 Å². The Morgan fingerprint density at radius 3 is 2.44 bits per heavy atom. The lowest BCUT2D eigenvalue weighted by molar-refractivity contribution is -0.280. The van der Waals surface area contributed by atoms with E-state index >= 15 is 0 Å². The van der Waals surface area contributed by atoms with Crippen LogP contribution in [0.15, 0.2) is 36.9 Å². The van der Waals surface area contributed by atoms with Gasteiger partial charge in [0, 0.05) is 6.61 Å². The Morgan fingerprint density at radius 1 is 1.31 bits per heavy atom. The fourth-order valence-corrected chi connectivity index (χ4v) is 1.47. The molecule has 0 bridgehead atoms. The molecule has 1 aromatic rings. The van der Waals surface area contributed by atoms with Crippen molar-refractivity contribution in [1.29, 1.82) is 0 Å². The highest BCUT2D eigenvalue weighted by molar-refractivity contribution is 5.67. The number of aliphatic hydroxyl groups is 2. The summed E-state index contributed by atoms with van der Waals surface area (Å²) in [5.41, 5.74) is 1.25. The first-order valence-electron chi connectivity index (χ1n) is 5.04. The van der Waals surface area contributed by atoms with Crippen LogP contribution in [0.2, 0.25) is 0 Å². The lowest BCUT2D eigenvalue weighted by atomic mass is 9.97. The van der Waals surface area contributed by atoms with Crippen LogP contribution in [0, 0.1) is 0 Å². The predicted octanol–water partition coefficient (Wildman–Crippen LogP) is 1.30. The molecule has 2 unspecified atom stereocenters. The topological polar surface area (TPSA) is 69.9 Å². The third kappa shape index (κ3) is 3.15. The minimum absolute atomic E-state index is 0.122. The first kappa shape index (κ1) is 12.9. The highest BCUT2D eigenvalue weighted by Gasteiger charge is 2.23. The van der Waals surface area contributed by atoms with E-state index in [4.69, 9.17) is 10.4 Å². The zero-order chi connectivity index (χ0) is 12.0. The smallest absolute Gasteiger partial charge is 0.144 e. The van der Waals surface area contributed by atoms with E-state index in [1.54, 1.807) is 12.1 Å². The van der Waals surface area contributed by atoms with Gasteiger partial charge in [-0.05, 0) is 17.6 Å². The van der Waals surface area contributed by atoms with Crippen LogP contribution in [-0.2, 0) is 4.89 Å². The summed E-state index contributed by atoms with van der Waals surface area (Å²) in [6.45, 7) is 3.60. The second-order valence-electron chi connectivity index (χ2n) is 3.50. The summed E-state index contributed by atoms with van der Waals surface area (Å²) >= 11 is 0. The van der Waals surface area contributed by atoms with Gasteiger partial charge in [0.05, 0.1) is 6.10 Å². The van der Waals surface area contributed by atoms with Crippen LogP contribution >= 0.6 is 0 Å². The van der Waals surface area contributed by atoms with E-state index in [0.29, 0.717) is 5.57 Å². The minimum Gasteiger partial charge on any atom is -0.396 e. The number of hydrogen-bond donors (Lipinski definition) is 3. The van der Waals surface area contributed by atoms with Gasteiger partial charge in [0.25, 0.3) is 0 Å². The second kappa shape index (κ2) is 6.40. The second-order valence-corrected chi connectivity index (χ2v) is 3.50. The number of aliphatic hydroxyl groups excluding tert-OH is 2. The molecule has 0 aromatic heterocycles. The van der Waals surface area contributed by atoms with Gasteiger partial charge in [-0.3, -0.25) is 5.26 Å². The Hall–Kier alpha value is -1.20. The molecule has 2 atom stereocenters. The zero-order valence-electron chi connectivity index (χ0n) is 8.91. The molecule has 0 spiro atoms. The molecule has 88 valence electrons. The lowest BCUT2D eigenvalue weighted by Crippen LogP contribution is -2.30. The van der Waals surface area contributed by atoms with Crippen molar-refractivity contribution in [2.75, 3.05) is 6.61 Å². The Morgan fingerprint density at radius 2 is 1.94 bits per heavy atom. The average molecular weight is 224 g/mol. The number of hydrogen-bond acceptors (Lipinski definition) is 4. The van der Waals surface area contributed by atoms with Crippen molar-refractivity contribution in [2.24, 2.45) is 0 Å². The van der Waals surface area contributed by atoms with Crippen LogP contribution in [-0.4, -0.2) is 34.3 Å². The van der Waals surface area contributed by atoms with Crippen molar-refractivity contribution in [3.05, 3.63) is 42.5 Å². The summed E-state index contributed by atoms with van der Waals surface area (Å²) in [6.07, 6.45) is -1.78. The first-order chi connectivity index (χ1) is 7.70. The van der Waals surface area contributed by atoms with Crippen molar-refractivity contribution in [3.63, 3.8) is 0 Å². The van der Waals surface area contributed by atoms with Gasteiger partial charge in [-0.25, -0.2) is 4.89 Å². The van der Waals surface area contributed by atoms with Gasteiger partial charge >= 0.3 is 0 Å². The van der Waals surface area contributed by atoms with Gasteiger partial charge in [0.1, 0.15) is 6.10 Å². The fraction of sp³-hybridized carbons (Fsp3) is 0.333. The molecule has 3 N–H and O–H groups in total. The number of benzene rings is 1. The standard InChI is InChI=1S/C12H16O4/c1-9(10-5-3-2-4-6-10)12(16-15)11(14)7-8-13/h2-6,11-15H,1,7-8H2. The van der Waals surface area contributed by atoms with Crippen LogP contribution in [0.4, 0.5) is 0 Å². The van der Waals surface area contributed by atoms with E-state index < -0.39 is 12.2 Å². The largest absolute Gasteiger partial charge is 0.396 e. The van der Waals surface area contributed by atoms with Crippen molar-refractivity contribution in [1.82, 2.24) is 0 Å². The summed E-state index contributed by atoms with van der Waals surface area (Å²) in [6, 6.07) is 9.12. The van der Waals surface area contributed by atoms with Crippen molar-refractivity contribution in [2.45, 2.75) is 18.6 Å². The van der Waals surface area contributed by atoms with Gasteiger partial charge in [0.2, 0.25) is 0 Å². The molecule has 0 fully saturated rings. The third-order valence-corrected chi connectivity index (χ3v) is 2.38. The Kier molecular flexibility index (Phi) is 5.14. The molecule has 4 nitrogen and oxygen atoms in total. The normalized spacial score (nSPS) is 14.4. The summed E-state index contributed by atoms with van der Waals surface area (Å²) < 4.78 is 0. The summed E-state index contributed by atoms with van der Waals surface area (Å²) in [5, 5.41) is 27.1. The Bertz CT molecular complexity index is 323. The summed E-state index contributed by atoms with van der Waals surface area (Å²) in [5.74, 6) is 0. The molecule has 16 heavy (non-hydrogen) atoms. The van der Waals surface area contributed by atoms with Crippen LogP contribution in [0.1, 0.15) is 12.0 Å². The number of rotatable bonds is 6. The quantitative estimate of drug-likeness (QED) is 0.503. The summed E-state index contributed by atoms with van der Waals surface area (Å²) in [4.78, 5) is 4.22. The van der Waals surface area contributed by atoms with E-state index in [0.717, 1.165) is 5.56 Å². The van der Waals surface area contributed by atoms with Gasteiger partial charge in [-0.2, -0.15) is 0 Å². The molecule has 0 aliphatic rings. The molecule has 0 aliphatic heterocycles. The predicted molar refractivity (Wildman–Crippen MR) is 60.7 cm³/mol. The highest BCUT2D eigenvalue weighted by Crippen LogP contribution is 2.21. The SMILES string of the molecule is C=C(c1ccccc1)C(OO)C(O)CCO. The molecule has 0 saturated carbocycles. The maximum absolute atomic E-state index is 9.63. The monoisotopic (exact) mass is 224 g/mol. The van der Waals surface area contributed by atoms with Crippen LogP contribution in [0.25, 0.3) is 5.57 Å². The molecule has 0 saturated heterocycles. The van der Waals surface area contributed by atoms with E-state index in [-0.39, 0.29) is 13.0 Å². The Labute approximate surface area is 94.4 Å². The van der Waals surface area contributed by atoms with Gasteiger partial charge < -0.3 is 10.2 Å². The van der Waals surface area contributed by atoms with Crippen molar-refractivity contribution >= 4 is 5.57 Å². The van der Waals surface area contributed by atoms with Crippen LogP contribution in [0.3, 0.4) is 0 Å². The molecule has 0 radical (unpaired) electrons. The third-order valence-electron chi connectivity index (χ3n) is 2.38. The first-order valence-corrected chi connectivity index (χ1v) is 5.04. The highest BCUT2D eigenvalue weighted by atomic mass is 17.1. The fourth-order valence-electron chi connectivity index (χ4n) is 1.47. The maximum atomic E-state index is 9.63. The molecule has 0 amide bonds. The molecule has 0 heterocycles. The van der Waals surface area contributed by atoms with Gasteiger partial charge in [0.15, 0.2) is 0 Å². The Balaban J connectivity index is 2.77. The molecule has 4 heteroatoms. The van der Waals surface area contributed by atoms with E-state index in [2.05, 4.69) is 11.5 Å².